The van der Waals surface area contributed by atoms with Crippen LogP contribution in [-0.2, 0) is 13.1 Å². The number of rotatable bonds is 9. The van der Waals surface area contributed by atoms with E-state index in [1.54, 1.807) is 0 Å². The number of nitrogens with zero attached hydrogens (tertiary/aromatic N) is 4. The highest BCUT2D eigenvalue weighted by Crippen LogP contribution is 2.29. The molecule has 6 heteroatoms. The average Bonchev–Trinajstić information content (AvgIpc) is 2.83. The van der Waals surface area contributed by atoms with Gasteiger partial charge < -0.3 is 4.74 Å². The zero-order valence-corrected chi connectivity index (χ0v) is 20.0. The lowest BCUT2D eigenvalue weighted by Gasteiger charge is -2.38. The second-order valence-electron chi connectivity index (χ2n) is 8.61. The number of hydrogen-bond donors (Lipinski definition) is 0. The Morgan fingerprint density at radius 1 is 0.970 bits per heavy atom. The monoisotopic (exact) mass is 446 g/mol. The van der Waals surface area contributed by atoms with Gasteiger partial charge >= 0.3 is 0 Å². The normalized spacial score (nSPS) is 13.7. The topological polar surface area (TPSA) is 50.6 Å². The fourth-order valence-corrected chi connectivity index (χ4v) is 4.34. The lowest BCUT2D eigenvalue weighted by molar-refractivity contribution is 0.194. The molecule has 174 valence electrons. The van der Waals surface area contributed by atoms with E-state index in [1.165, 1.54) is 12.8 Å². The van der Waals surface area contributed by atoms with E-state index in [0.29, 0.717) is 32.3 Å². The van der Waals surface area contributed by atoms with Crippen LogP contribution in [0.1, 0.15) is 49.9 Å². The van der Waals surface area contributed by atoms with Crippen molar-refractivity contribution < 1.29 is 4.74 Å². The fourth-order valence-electron chi connectivity index (χ4n) is 4.34. The third-order valence-corrected chi connectivity index (χ3v) is 6.13. The van der Waals surface area contributed by atoms with Gasteiger partial charge in [0.15, 0.2) is 0 Å². The summed E-state index contributed by atoms with van der Waals surface area (Å²) in [5, 5.41) is 0. The molecule has 0 radical (unpaired) electrons. The minimum Gasteiger partial charge on any atom is -0.494 e. The maximum absolute atomic E-state index is 13.7. The van der Waals surface area contributed by atoms with Gasteiger partial charge in [0.1, 0.15) is 5.75 Å². The first kappa shape index (κ1) is 23.1. The fraction of sp³-hybridized carbons (Fsp3) is 0.407. The molecule has 4 rings (SSSR count). The molecule has 1 aliphatic heterocycles. The van der Waals surface area contributed by atoms with Crippen molar-refractivity contribution in [3.8, 4) is 5.75 Å². The molecule has 33 heavy (non-hydrogen) atoms. The number of aryl methyl sites for hydroxylation is 1. The first-order chi connectivity index (χ1) is 16.1. The van der Waals surface area contributed by atoms with Gasteiger partial charge in [-0.3, -0.25) is 19.2 Å². The zero-order valence-electron chi connectivity index (χ0n) is 20.0. The van der Waals surface area contributed by atoms with E-state index < -0.39 is 0 Å². The Hall–Kier alpha value is -3.12. The molecular weight excluding hydrogens is 412 g/mol. The van der Waals surface area contributed by atoms with Gasteiger partial charge in [-0.2, -0.15) is 0 Å². The maximum Gasteiger partial charge on any atom is 0.259 e. The summed E-state index contributed by atoms with van der Waals surface area (Å²) < 4.78 is 7.46. The van der Waals surface area contributed by atoms with E-state index in [0.717, 1.165) is 41.2 Å². The van der Waals surface area contributed by atoms with Crippen LogP contribution >= 0.6 is 0 Å². The highest BCUT2D eigenvalue weighted by molar-refractivity contribution is 5.59. The van der Waals surface area contributed by atoms with Gasteiger partial charge in [0, 0.05) is 24.2 Å². The van der Waals surface area contributed by atoms with E-state index >= 15 is 0 Å². The predicted molar refractivity (Wildman–Crippen MR) is 133 cm³/mol. The number of benzene rings is 2. The molecule has 2 aromatic carbocycles. The summed E-state index contributed by atoms with van der Waals surface area (Å²) in [5.74, 6) is 1.56. The lowest BCUT2D eigenvalue weighted by atomic mass is 10.1. The van der Waals surface area contributed by atoms with E-state index in [-0.39, 0.29) is 5.56 Å². The highest BCUT2D eigenvalue weighted by Gasteiger charge is 2.27. The van der Waals surface area contributed by atoms with Gasteiger partial charge in [-0.25, -0.2) is 4.98 Å². The molecule has 0 atom stereocenters. The second-order valence-corrected chi connectivity index (χ2v) is 8.61. The summed E-state index contributed by atoms with van der Waals surface area (Å²) in [6, 6.07) is 18.2. The first-order valence-electron chi connectivity index (χ1n) is 12.0. The van der Waals surface area contributed by atoms with Gasteiger partial charge in [0.05, 0.1) is 25.6 Å². The smallest absolute Gasteiger partial charge is 0.259 e. The van der Waals surface area contributed by atoms with Gasteiger partial charge in [0.2, 0.25) is 5.95 Å². The van der Waals surface area contributed by atoms with Crippen LogP contribution in [0.4, 0.5) is 11.6 Å². The van der Waals surface area contributed by atoms with Crippen molar-refractivity contribution in [3.05, 3.63) is 81.8 Å². The molecule has 0 spiro atoms. The molecule has 2 heterocycles. The largest absolute Gasteiger partial charge is 0.494 e. The molecule has 1 aliphatic rings. The number of hydrogen-bond acceptors (Lipinski definition) is 5. The molecule has 0 amide bonds. The molecule has 1 aromatic heterocycles. The van der Waals surface area contributed by atoms with E-state index in [4.69, 9.17) is 9.72 Å². The van der Waals surface area contributed by atoms with Crippen LogP contribution in [0.25, 0.3) is 0 Å². The number of aromatic nitrogens is 2. The summed E-state index contributed by atoms with van der Waals surface area (Å²) in [6.07, 6.45) is 4.08. The van der Waals surface area contributed by atoms with Crippen molar-refractivity contribution >= 4 is 11.6 Å². The van der Waals surface area contributed by atoms with Crippen LogP contribution in [0.2, 0.25) is 0 Å². The molecule has 0 saturated heterocycles. The molecule has 0 saturated carbocycles. The van der Waals surface area contributed by atoms with Crippen LogP contribution in [0.3, 0.4) is 0 Å². The van der Waals surface area contributed by atoms with Crippen LogP contribution < -0.4 is 15.2 Å². The van der Waals surface area contributed by atoms with Gasteiger partial charge in [-0.15, -0.1) is 0 Å². The van der Waals surface area contributed by atoms with Crippen molar-refractivity contribution in [2.24, 2.45) is 0 Å². The van der Waals surface area contributed by atoms with Crippen LogP contribution in [0, 0.1) is 6.92 Å². The summed E-state index contributed by atoms with van der Waals surface area (Å²) >= 11 is 0. The molecule has 6 nitrogen and oxygen atoms in total. The number of ether oxygens (including phenoxy) is 1. The Morgan fingerprint density at radius 2 is 1.73 bits per heavy atom. The quantitative estimate of drug-likeness (QED) is 0.428. The number of anilines is 2. The summed E-state index contributed by atoms with van der Waals surface area (Å²) in [6.45, 7) is 9.01. The van der Waals surface area contributed by atoms with Crippen molar-refractivity contribution in [1.29, 1.82) is 0 Å². The minimum atomic E-state index is 0.0532. The van der Waals surface area contributed by atoms with E-state index in [9.17, 15) is 4.79 Å². The average molecular weight is 447 g/mol. The van der Waals surface area contributed by atoms with Gasteiger partial charge in [-0.05, 0) is 50.1 Å². The first-order valence-corrected chi connectivity index (χ1v) is 12.0. The number of unbranched alkanes of at least 4 members (excludes halogenated alkanes) is 2. The third-order valence-electron chi connectivity index (χ3n) is 6.13. The predicted octanol–water partition coefficient (Wildman–Crippen LogP) is 5.10. The highest BCUT2D eigenvalue weighted by atomic mass is 16.5. The van der Waals surface area contributed by atoms with E-state index in [2.05, 4.69) is 28.9 Å². The second kappa shape index (κ2) is 10.7. The van der Waals surface area contributed by atoms with Crippen molar-refractivity contribution in [2.45, 2.75) is 53.1 Å². The Labute approximate surface area is 196 Å². The van der Waals surface area contributed by atoms with Gasteiger partial charge in [0.25, 0.3) is 5.56 Å². The summed E-state index contributed by atoms with van der Waals surface area (Å²) in [4.78, 5) is 23.1. The molecule has 0 N–H and O–H groups in total. The Balaban J connectivity index is 1.72. The Morgan fingerprint density at radius 3 is 2.42 bits per heavy atom. The minimum absolute atomic E-state index is 0.0532. The standard InChI is InChI=1S/C27H34N4O2/c1-4-6-10-17-29-19-30(23-13-15-24(16-14-23)33-5-2)27-28-21(3)25(26(32)31(27)20-29)18-22-11-8-7-9-12-22/h7-9,11-16H,4-6,10,17-20H2,1-3H3. The molecule has 0 aliphatic carbocycles. The van der Waals surface area contributed by atoms with Crippen molar-refractivity contribution in [2.75, 3.05) is 24.7 Å². The summed E-state index contributed by atoms with van der Waals surface area (Å²) in [7, 11) is 0. The molecule has 0 unspecified atom stereocenters. The van der Waals surface area contributed by atoms with Crippen molar-refractivity contribution in [3.63, 3.8) is 0 Å². The molecule has 0 bridgehead atoms. The molecule has 0 fully saturated rings. The van der Waals surface area contributed by atoms with Crippen LogP contribution in [-0.4, -0.2) is 34.3 Å². The Kier molecular flexibility index (Phi) is 7.45. The van der Waals surface area contributed by atoms with Crippen LogP contribution in [0.5, 0.6) is 5.75 Å². The lowest BCUT2D eigenvalue weighted by Crippen LogP contribution is -2.48. The SMILES string of the molecule is CCCCCN1CN(c2ccc(OCC)cc2)c2nc(C)c(Cc3ccccc3)c(=O)n2C1. The number of fused-ring (bicyclic) bond motifs is 1. The zero-order chi connectivity index (χ0) is 23.2. The molecular formula is C27H34N4O2. The van der Waals surface area contributed by atoms with Crippen molar-refractivity contribution in [1.82, 2.24) is 14.5 Å². The summed E-state index contributed by atoms with van der Waals surface area (Å²) in [5.41, 5.74) is 3.75. The van der Waals surface area contributed by atoms with Crippen LogP contribution in [0.15, 0.2) is 59.4 Å². The molecule has 3 aromatic rings. The third kappa shape index (κ3) is 5.28. The maximum atomic E-state index is 13.7. The van der Waals surface area contributed by atoms with Gasteiger partial charge in [-0.1, -0.05) is 50.1 Å². The van der Waals surface area contributed by atoms with E-state index in [1.807, 2.05) is 60.9 Å². The Bertz CT molecular complexity index is 1110.